The highest BCUT2D eigenvalue weighted by molar-refractivity contribution is 7.22. The summed E-state index contributed by atoms with van der Waals surface area (Å²) < 4.78 is 47.7. The minimum Gasteiger partial charge on any atom is -0.406 e. The van der Waals surface area contributed by atoms with Crippen molar-refractivity contribution in [3.8, 4) is 5.75 Å². The SMILES string of the molecule is O=C(C=Cc1cccs1)N(CC1CCCO1)c1nc2ccc(OC(F)(F)F)cc2s1. The summed E-state index contributed by atoms with van der Waals surface area (Å²) in [7, 11) is 0. The van der Waals surface area contributed by atoms with Gasteiger partial charge in [-0.25, -0.2) is 4.98 Å². The Hall–Kier alpha value is -2.43. The summed E-state index contributed by atoms with van der Waals surface area (Å²) in [5.41, 5.74) is 0.497. The first-order chi connectivity index (χ1) is 14.4. The summed E-state index contributed by atoms with van der Waals surface area (Å²) in [6, 6.07) is 7.74. The third-order valence-electron chi connectivity index (χ3n) is 4.42. The van der Waals surface area contributed by atoms with Crippen LogP contribution in [0.5, 0.6) is 5.75 Å². The zero-order valence-electron chi connectivity index (χ0n) is 15.6. The number of ether oxygens (including phenoxy) is 2. The molecule has 5 nitrogen and oxygen atoms in total. The number of aromatic nitrogens is 1. The van der Waals surface area contributed by atoms with E-state index in [0.29, 0.717) is 28.5 Å². The molecule has 10 heteroatoms. The van der Waals surface area contributed by atoms with Crippen LogP contribution in [0, 0.1) is 0 Å². The molecule has 1 aromatic carbocycles. The molecular formula is C20H17F3N2O3S2. The Morgan fingerprint density at radius 1 is 1.37 bits per heavy atom. The van der Waals surface area contributed by atoms with Gasteiger partial charge in [0.05, 0.1) is 22.9 Å². The van der Waals surface area contributed by atoms with E-state index in [1.165, 1.54) is 40.5 Å². The molecule has 30 heavy (non-hydrogen) atoms. The van der Waals surface area contributed by atoms with Gasteiger partial charge in [-0.1, -0.05) is 17.4 Å². The number of hydrogen-bond donors (Lipinski definition) is 0. The minimum absolute atomic E-state index is 0.0970. The largest absolute Gasteiger partial charge is 0.573 e. The van der Waals surface area contributed by atoms with Gasteiger partial charge < -0.3 is 9.47 Å². The Bertz CT molecular complexity index is 1040. The quantitative estimate of drug-likeness (QED) is 0.463. The van der Waals surface area contributed by atoms with E-state index in [1.54, 1.807) is 6.08 Å². The third kappa shape index (κ3) is 5.18. The van der Waals surface area contributed by atoms with Crippen LogP contribution in [-0.2, 0) is 9.53 Å². The zero-order valence-corrected chi connectivity index (χ0v) is 17.2. The van der Waals surface area contributed by atoms with Crippen molar-refractivity contribution in [1.29, 1.82) is 0 Å². The average Bonchev–Trinajstić information content (AvgIpc) is 3.43. The van der Waals surface area contributed by atoms with Crippen LogP contribution in [0.25, 0.3) is 16.3 Å². The molecule has 0 radical (unpaired) electrons. The Kier molecular flexibility index (Phi) is 6.07. The van der Waals surface area contributed by atoms with Crippen LogP contribution in [0.1, 0.15) is 17.7 Å². The monoisotopic (exact) mass is 454 g/mol. The predicted molar refractivity (Wildman–Crippen MR) is 111 cm³/mol. The summed E-state index contributed by atoms with van der Waals surface area (Å²) in [5, 5.41) is 2.33. The molecule has 0 bridgehead atoms. The molecule has 158 valence electrons. The number of nitrogens with zero attached hydrogens (tertiary/aromatic N) is 2. The lowest BCUT2D eigenvalue weighted by Gasteiger charge is -2.21. The van der Waals surface area contributed by atoms with Crippen LogP contribution in [0.4, 0.5) is 18.3 Å². The lowest BCUT2D eigenvalue weighted by Crippen LogP contribution is -2.36. The normalized spacial score (nSPS) is 17.1. The predicted octanol–water partition coefficient (Wildman–Crippen LogP) is 5.48. The summed E-state index contributed by atoms with van der Waals surface area (Å²) in [6.07, 6.45) is 0.113. The summed E-state index contributed by atoms with van der Waals surface area (Å²) in [4.78, 5) is 19.9. The number of anilines is 1. The minimum atomic E-state index is -4.77. The second-order valence-corrected chi connectivity index (χ2v) is 8.59. The van der Waals surface area contributed by atoms with Gasteiger partial charge in [0.15, 0.2) is 5.13 Å². The number of carbonyl (C=O) groups excluding carboxylic acids is 1. The summed E-state index contributed by atoms with van der Waals surface area (Å²) >= 11 is 2.65. The average molecular weight is 454 g/mol. The van der Waals surface area contributed by atoms with Crippen molar-refractivity contribution in [3.63, 3.8) is 0 Å². The number of thiazole rings is 1. The molecule has 0 spiro atoms. The van der Waals surface area contributed by atoms with Gasteiger partial charge in [-0.2, -0.15) is 0 Å². The van der Waals surface area contributed by atoms with E-state index in [0.717, 1.165) is 29.1 Å². The number of benzene rings is 1. The van der Waals surface area contributed by atoms with Gasteiger partial charge in [0.1, 0.15) is 5.75 Å². The molecule has 1 atom stereocenters. The van der Waals surface area contributed by atoms with Crippen LogP contribution in [-0.4, -0.2) is 36.5 Å². The van der Waals surface area contributed by atoms with Gasteiger partial charge in [0.25, 0.3) is 5.91 Å². The lowest BCUT2D eigenvalue weighted by molar-refractivity contribution is -0.274. The highest BCUT2D eigenvalue weighted by atomic mass is 32.1. The molecule has 1 unspecified atom stereocenters. The molecule has 1 fully saturated rings. The highest BCUT2D eigenvalue weighted by Crippen LogP contribution is 2.34. The van der Waals surface area contributed by atoms with Crippen molar-refractivity contribution in [2.75, 3.05) is 18.1 Å². The molecule has 0 N–H and O–H groups in total. The molecule has 1 saturated heterocycles. The number of thiophene rings is 1. The fourth-order valence-electron chi connectivity index (χ4n) is 3.09. The molecule has 3 aromatic rings. The molecule has 0 aliphatic carbocycles. The molecular weight excluding hydrogens is 437 g/mol. The maximum absolute atomic E-state index is 12.9. The van der Waals surface area contributed by atoms with Crippen molar-refractivity contribution >= 4 is 50.0 Å². The Morgan fingerprint density at radius 3 is 2.93 bits per heavy atom. The first kappa shape index (κ1) is 20.8. The second kappa shape index (κ2) is 8.75. The lowest BCUT2D eigenvalue weighted by atomic mass is 10.2. The van der Waals surface area contributed by atoms with E-state index in [-0.39, 0.29) is 17.8 Å². The van der Waals surface area contributed by atoms with Gasteiger partial charge in [-0.15, -0.1) is 24.5 Å². The number of rotatable bonds is 6. The molecule has 1 aliphatic heterocycles. The first-order valence-corrected chi connectivity index (χ1v) is 10.9. The molecule has 3 heterocycles. The van der Waals surface area contributed by atoms with Gasteiger partial charge in [0, 0.05) is 23.6 Å². The molecule has 1 amide bonds. The smallest absolute Gasteiger partial charge is 0.406 e. The Morgan fingerprint density at radius 2 is 2.23 bits per heavy atom. The van der Waals surface area contributed by atoms with Crippen LogP contribution in [0.3, 0.4) is 0 Å². The first-order valence-electron chi connectivity index (χ1n) is 9.18. The van der Waals surface area contributed by atoms with Gasteiger partial charge >= 0.3 is 6.36 Å². The zero-order chi connectivity index (χ0) is 21.1. The van der Waals surface area contributed by atoms with Crippen molar-refractivity contribution in [2.45, 2.75) is 25.3 Å². The summed E-state index contributed by atoms with van der Waals surface area (Å²) in [6.45, 7) is 0.981. The maximum Gasteiger partial charge on any atom is 0.573 e. The highest BCUT2D eigenvalue weighted by Gasteiger charge is 2.31. The van der Waals surface area contributed by atoms with E-state index in [1.807, 2.05) is 17.5 Å². The van der Waals surface area contributed by atoms with Gasteiger partial charge in [-0.3, -0.25) is 9.69 Å². The van der Waals surface area contributed by atoms with E-state index in [4.69, 9.17) is 4.74 Å². The van der Waals surface area contributed by atoms with Crippen LogP contribution < -0.4 is 9.64 Å². The van der Waals surface area contributed by atoms with Gasteiger partial charge in [0.2, 0.25) is 0 Å². The van der Waals surface area contributed by atoms with Crippen LogP contribution in [0.15, 0.2) is 41.8 Å². The molecule has 2 aromatic heterocycles. The third-order valence-corrected chi connectivity index (χ3v) is 6.30. The van der Waals surface area contributed by atoms with Crippen molar-refractivity contribution in [3.05, 3.63) is 46.7 Å². The van der Waals surface area contributed by atoms with Crippen LogP contribution >= 0.6 is 22.7 Å². The molecule has 4 rings (SSSR count). The Labute approximate surface area is 178 Å². The fourth-order valence-corrected chi connectivity index (χ4v) is 4.72. The van der Waals surface area contributed by atoms with Crippen molar-refractivity contribution < 1.29 is 27.4 Å². The second-order valence-electron chi connectivity index (χ2n) is 6.61. The van der Waals surface area contributed by atoms with Crippen LogP contribution in [0.2, 0.25) is 0 Å². The van der Waals surface area contributed by atoms with E-state index < -0.39 is 6.36 Å². The van der Waals surface area contributed by atoms with E-state index in [9.17, 15) is 18.0 Å². The van der Waals surface area contributed by atoms with Crippen molar-refractivity contribution in [2.24, 2.45) is 0 Å². The number of hydrogen-bond acceptors (Lipinski definition) is 6. The number of alkyl halides is 3. The topological polar surface area (TPSA) is 51.7 Å². The van der Waals surface area contributed by atoms with E-state index in [2.05, 4.69) is 9.72 Å². The fraction of sp³-hybridized carbons (Fsp3) is 0.300. The number of amides is 1. The number of fused-ring (bicyclic) bond motifs is 1. The summed E-state index contributed by atoms with van der Waals surface area (Å²) in [5.74, 6) is -0.579. The van der Waals surface area contributed by atoms with E-state index >= 15 is 0 Å². The Balaban J connectivity index is 1.61. The maximum atomic E-state index is 12.9. The number of halogens is 3. The van der Waals surface area contributed by atoms with Gasteiger partial charge in [-0.05, 0) is 42.5 Å². The molecule has 0 saturated carbocycles. The number of carbonyl (C=O) groups is 1. The molecule has 1 aliphatic rings. The standard InChI is InChI=1S/C20H17F3N2O3S2/c21-20(22,23)28-13-5-7-16-17(11-13)30-19(24-16)25(12-14-3-1-9-27-14)18(26)8-6-15-4-2-10-29-15/h2,4-8,10-11,14H,1,3,9,12H2. The van der Waals surface area contributed by atoms with Crippen molar-refractivity contribution in [1.82, 2.24) is 4.98 Å².